The van der Waals surface area contributed by atoms with Crippen molar-refractivity contribution < 1.29 is 14.2 Å². The molecule has 1 atom stereocenters. The lowest BCUT2D eigenvalue weighted by Gasteiger charge is -2.20. The Balaban J connectivity index is 0.00000225. The van der Waals surface area contributed by atoms with Crippen LogP contribution in [0.4, 0.5) is 0 Å². The van der Waals surface area contributed by atoms with Gasteiger partial charge < -0.3 is 25.3 Å². The second-order valence-corrected chi connectivity index (χ2v) is 5.94. The summed E-state index contributed by atoms with van der Waals surface area (Å²) in [6, 6.07) is 6.08. The minimum atomic E-state index is 0. The van der Waals surface area contributed by atoms with Crippen LogP contribution in [0.1, 0.15) is 19.8 Å². The number of nitrogens with zero attached hydrogens (tertiary/aromatic N) is 2. The molecule has 0 aliphatic carbocycles. The number of guanidine groups is 1. The van der Waals surface area contributed by atoms with Gasteiger partial charge in [-0.05, 0) is 38.1 Å². The van der Waals surface area contributed by atoms with E-state index in [4.69, 9.17) is 19.9 Å². The van der Waals surface area contributed by atoms with E-state index in [-0.39, 0.29) is 30.8 Å². The minimum Gasteiger partial charge on any atom is -0.492 e. The van der Waals surface area contributed by atoms with Gasteiger partial charge in [-0.1, -0.05) is 6.92 Å². The summed E-state index contributed by atoms with van der Waals surface area (Å²) in [7, 11) is 0. The fraction of sp³-hybridized carbons (Fsp3) is 0.588. The summed E-state index contributed by atoms with van der Waals surface area (Å²) in [5.41, 5.74) is 5.92. The standard InChI is InChI=1S/C17H26N4O3.HI/c1-2-21-8-3-4-13(21)11-20-17(18)19-7-9-22-14-5-6-15-16(10-14)24-12-23-15;/h5-6,10,13H,2-4,7-9,11-12H2,1H3,(H3,18,19,20);1H. The van der Waals surface area contributed by atoms with Gasteiger partial charge in [0.25, 0.3) is 0 Å². The first-order valence-corrected chi connectivity index (χ1v) is 8.56. The smallest absolute Gasteiger partial charge is 0.231 e. The summed E-state index contributed by atoms with van der Waals surface area (Å²) in [5.74, 6) is 2.71. The molecule has 7 nitrogen and oxygen atoms in total. The zero-order valence-corrected chi connectivity index (χ0v) is 16.9. The molecule has 25 heavy (non-hydrogen) atoms. The fourth-order valence-corrected chi connectivity index (χ4v) is 3.09. The number of likely N-dealkylation sites (N-methyl/N-ethyl adjacent to an activating group) is 1. The zero-order chi connectivity index (χ0) is 16.8. The van der Waals surface area contributed by atoms with Crippen molar-refractivity contribution >= 4 is 29.9 Å². The summed E-state index contributed by atoms with van der Waals surface area (Å²) in [4.78, 5) is 6.90. The molecule has 2 aliphatic rings. The molecule has 1 fully saturated rings. The Morgan fingerprint density at radius 3 is 3.08 bits per heavy atom. The van der Waals surface area contributed by atoms with Gasteiger partial charge in [0, 0.05) is 12.1 Å². The molecule has 1 unspecified atom stereocenters. The maximum Gasteiger partial charge on any atom is 0.231 e. The summed E-state index contributed by atoms with van der Waals surface area (Å²) < 4.78 is 16.3. The summed E-state index contributed by atoms with van der Waals surface area (Å²) in [6.07, 6.45) is 2.46. The largest absolute Gasteiger partial charge is 0.492 e. The molecule has 140 valence electrons. The van der Waals surface area contributed by atoms with Crippen molar-refractivity contribution in [3.63, 3.8) is 0 Å². The molecule has 3 rings (SSSR count). The molecule has 3 N–H and O–H groups in total. The van der Waals surface area contributed by atoms with Gasteiger partial charge in [-0.25, -0.2) is 0 Å². The Hall–Kier alpha value is -1.42. The van der Waals surface area contributed by atoms with Crippen LogP contribution in [0.2, 0.25) is 0 Å². The van der Waals surface area contributed by atoms with Gasteiger partial charge in [-0.3, -0.25) is 9.89 Å². The molecule has 0 radical (unpaired) electrons. The third kappa shape index (κ3) is 5.53. The van der Waals surface area contributed by atoms with Crippen molar-refractivity contribution in [1.82, 2.24) is 10.2 Å². The molecular formula is C17H27IN4O3. The van der Waals surface area contributed by atoms with E-state index in [1.165, 1.54) is 19.4 Å². The van der Waals surface area contributed by atoms with Crippen LogP contribution in [-0.4, -0.2) is 56.5 Å². The van der Waals surface area contributed by atoms with Crippen molar-refractivity contribution in [2.45, 2.75) is 25.8 Å². The molecule has 0 saturated carbocycles. The van der Waals surface area contributed by atoms with Gasteiger partial charge >= 0.3 is 0 Å². The number of ether oxygens (including phenoxy) is 3. The van der Waals surface area contributed by atoms with Crippen molar-refractivity contribution in [3.05, 3.63) is 18.2 Å². The van der Waals surface area contributed by atoms with E-state index in [0.717, 1.165) is 30.3 Å². The van der Waals surface area contributed by atoms with Crippen LogP contribution in [-0.2, 0) is 0 Å². The molecular weight excluding hydrogens is 435 g/mol. The van der Waals surface area contributed by atoms with E-state index in [9.17, 15) is 0 Å². The first-order valence-electron chi connectivity index (χ1n) is 8.56. The van der Waals surface area contributed by atoms with Crippen molar-refractivity contribution in [3.8, 4) is 17.2 Å². The number of halogens is 1. The van der Waals surface area contributed by atoms with E-state index in [2.05, 4.69) is 22.1 Å². The molecule has 1 saturated heterocycles. The average molecular weight is 462 g/mol. The van der Waals surface area contributed by atoms with Gasteiger partial charge in [0.05, 0.1) is 13.1 Å². The maximum atomic E-state index is 5.92. The number of fused-ring (bicyclic) bond motifs is 1. The van der Waals surface area contributed by atoms with E-state index in [0.29, 0.717) is 25.2 Å². The Labute approximate surface area is 165 Å². The first kappa shape index (κ1) is 19.9. The van der Waals surface area contributed by atoms with Crippen molar-refractivity contribution in [2.75, 3.05) is 39.6 Å². The SMILES string of the molecule is CCN1CCCC1CN=C(N)NCCOc1ccc2c(c1)OCO2.I. The zero-order valence-electron chi connectivity index (χ0n) is 14.6. The number of rotatable bonds is 7. The van der Waals surface area contributed by atoms with Crippen LogP contribution in [0.15, 0.2) is 23.2 Å². The van der Waals surface area contributed by atoms with Crippen LogP contribution >= 0.6 is 24.0 Å². The lowest BCUT2D eigenvalue weighted by atomic mass is 10.2. The van der Waals surface area contributed by atoms with Crippen LogP contribution < -0.4 is 25.3 Å². The van der Waals surface area contributed by atoms with Gasteiger partial charge in [-0.2, -0.15) is 0 Å². The van der Waals surface area contributed by atoms with Crippen molar-refractivity contribution in [1.29, 1.82) is 0 Å². The average Bonchev–Trinajstić information content (AvgIpc) is 3.24. The highest BCUT2D eigenvalue weighted by Gasteiger charge is 2.22. The Morgan fingerprint density at radius 1 is 1.40 bits per heavy atom. The fourth-order valence-electron chi connectivity index (χ4n) is 3.09. The molecule has 8 heteroatoms. The highest BCUT2D eigenvalue weighted by Crippen LogP contribution is 2.34. The summed E-state index contributed by atoms with van der Waals surface area (Å²) >= 11 is 0. The van der Waals surface area contributed by atoms with E-state index in [1.807, 2.05) is 18.2 Å². The number of aliphatic imine (C=N–C) groups is 1. The third-order valence-electron chi connectivity index (χ3n) is 4.40. The molecule has 2 heterocycles. The van der Waals surface area contributed by atoms with Crippen LogP contribution in [0.5, 0.6) is 17.2 Å². The highest BCUT2D eigenvalue weighted by molar-refractivity contribution is 14.0. The normalized spacial score (nSPS) is 19.6. The van der Waals surface area contributed by atoms with Gasteiger partial charge in [0.15, 0.2) is 17.5 Å². The van der Waals surface area contributed by atoms with Crippen molar-refractivity contribution in [2.24, 2.45) is 10.7 Å². The highest BCUT2D eigenvalue weighted by atomic mass is 127. The molecule has 0 aromatic heterocycles. The molecule has 2 aliphatic heterocycles. The Morgan fingerprint density at radius 2 is 2.24 bits per heavy atom. The van der Waals surface area contributed by atoms with Gasteiger partial charge in [0.1, 0.15) is 12.4 Å². The lowest BCUT2D eigenvalue weighted by molar-refractivity contribution is 0.173. The number of likely N-dealkylation sites (tertiary alicyclic amines) is 1. The van der Waals surface area contributed by atoms with Gasteiger partial charge in [-0.15, -0.1) is 24.0 Å². The predicted molar refractivity (Wildman–Crippen MR) is 108 cm³/mol. The topological polar surface area (TPSA) is 81.3 Å². The van der Waals surface area contributed by atoms with Crippen LogP contribution in [0, 0.1) is 0 Å². The quantitative estimate of drug-likeness (QED) is 0.279. The van der Waals surface area contributed by atoms with E-state index in [1.54, 1.807) is 0 Å². The number of hydrogen-bond acceptors (Lipinski definition) is 5. The molecule has 0 spiro atoms. The molecule has 0 amide bonds. The molecule has 0 bridgehead atoms. The number of nitrogens with one attached hydrogen (secondary N) is 1. The number of benzene rings is 1. The second-order valence-electron chi connectivity index (χ2n) is 5.94. The summed E-state index contributed by atoms with van der Waals surface area (Å²) in [6.45, 7) is 6.58. The van der Waals surface area contributed by atoms with E-state index >= 15 is 0 Å². The first-order chi connectivity index (χ1) is 11.8. The lowest BCUT2D eigenvalue weighted by Crippen LogP contribution is -2.37. The summed E-state index contributed by atoms with van der Waals surface area (Å²) in [5, 5.41) is 3.09. The minimum absolute atomic E-state index is 0. The Kier molecular flexibility index (Phi) is 7.89. The monoisotopic (exact) mass is 462 g/mol. The second kappa shape index (κ2) is 9.91. The molecule has 1 aromatic rings. The van der Waals surface area contributed by atoms with Gasteiger partial charge in [0.2, 0.25) is 6.79 Å². The third-order valence-corrected chi connectivity index (χ3v) is 4.40. The predicted octanol–water partition coefficient (Wildman–Crippen LogP) is 1.80. The Bertz CT molecular complexity index is 585. The number of hydrogen-bond donors (Lipinski definition) is 2. The van der Waals surface area contributed by atoms with Crippen LogP contribution in [0.25, 0.3) is 0 Å². The maximum absolute atomic E-state index is 5.92. The molecule has 1 aromatic carbocycles. The van der Waals surface area contributed by atoms with E-state index < -0.39 is 0 Å². The van der Waals surface area contributed by atoms with Crippen LogP contribution in [0.3, 0.4) is 0 Å². The number of nitrogens with two attached hydrogens (primary N) is 1.